The number of sulfonamides is 1. The summed E-state index contributed by atoms with van der Waals surface area (Å²) in [4.78, 5) is 13.2. The van der Waals surface area contributed by atoms with Gasteiger partial charge in [0.2, 0.25) is 16.8 Å². The summed E-state index contributed by atoms with van der Waals surface area (Å²) in [6.45, 7) is 4.52. The zero-order valence-corrected chi connectivity index (χ0v) is 22.5. The Morgan fingerprint density at radius 3 is 2.47 bits per heavy atom. The molecule has 0 N–H and O–H groups in total. The van der Waals surface area contributed by atoms with Crippen LogP contribution in [0.5, 0.6) is 11.5 Å². The van der Waals surface area contributed by atoms with Gasteiger partial charge in [-0.15, -0.1) is 10.2 Å². The van der Waals surface area contributed by atoms with E-state index in [0.717, 1.165) is 5.69 Å². The summed E-state index contributed by atoms with van der Waals surface area (Å²) in [7, 11) is -3.65. The molecule has 4 aromatic rings. The average Bonchev–Trinajstić information content (AvgIpc) is 3.59. The Kier molecular flexibility index (Phi) is 7.50. The molecular weight excluding hydrogens is 524 g/mol. The first-order chi connectivity index (χ1) is 18.4. The topological polar surface area (TPSA) is 104 Å². The molecule has 0 spiro atoms. The van der Waals surface area contributed by atoms with E-state index in [2.05, 4.69) is 10.2 Å². The number of hydrogen-bond donors (Lipinski definition) is 0. The van der Waals surface area contributed by atoms with Crippen LogP contribution in [0.1, 0.15) is 24.2 Å². The summed E-state index contributed by atoms with van der Waals surface area (Å²) >= 11 is 1.26. The van der Waals surface area contributed by atoms with Gasteiger partial charge in [-0.25, -0.2) is 8.42 Å². The van der Waals surface area contributed by atoms with E-state index in [1.54, 1.807) is 42.5 Å². The molecule has 0 unspecified atom stereocenters. The molecule has 5 rings (SSSR count). The normalized spacial score (nSPS) is 12.7. The standard InChI is InChI=1S/C27H26N4O5S2/c1-3-30(4-2)38(33,34)22-12-8-9-20(15-22)26-28-29-27(31(26)21-10-6-5-7-11-21)37-17-23(32)19-13-14-24-25(16-19)36-18-35-24/h5-16H,3-4,17-18H2,1-2H3. The minimum atomic E-state index is -3.65. The highest BCUT2D eigenvalue weighted by atomic mass is 32.2. The zero-order chi connectivity index (χ0) is 26.7. The van der Waals surface area contributed by atoms with Gasteiger partial charge in [0, 0.05) is 29.9 Å². The summed E-state index contributed by atoms with van der Waals surface area (Å²) in [5.41, 5.74) is 1.91. The number of Topliss-reactive ketones (excluding diaryl/α,β-unsaturated/α-hetero) is 1. The van der Waals surface area contributed by atoms with Crippen molar-refractivity contribution in [2.45, 2.75) is 23.9 Å². The Morgan fingerprint density at radius 1 is 0.947 bits per heavy atom. The number of benzene rings is 3. The summed E-state index contributed by atoms with van der Waals surface area (Å²) in [5.74, 6) is 1.68. The molecule has 0 saturated heterocycles. The van der Waals surface area contributed by atoms with E-state index >= 15 is 0 Å². The Morgan fingerprint density at radius 2 is 1.71 bits per heavy atom. The van der Waals surface area contributed by atoms with Crippen LogP contribution in [0, 0.1) is 0 Å². The lowest BCUT2D eigenvalue weighted by molar-refractivity contribution is 0.102. The lowest BCUT2D eigenvalue weighted by Crippen LogP contribution is -2.30. The van der Waals surface area contributed by atoms with Crippen LogP contribution in [0.3, 0.4) is 0 Å². The molecule has 0 bridgehead atoms. The lowest BCUT2D eigenvalue weighted by atomic mass is 10.1. The summed E-state index contributed by atoms with van der Waals surface area (Å²) in [5, 5.41) is 9.29. The van der Waals surface area contributed by atoms with Gasteiger partial charge in [-0.05, 0) is 42.5 Å². The van der Waals surface area contributed by atoms with E-state index in [9.17, 15) is 13.2 Å². The average molecular weight is 551 g/mol. The van der Waals surface area contributed by atoms with Crippen molar-refractivity contribution in [2.75, 3.05) is 25.6 Å². The fourth-order valence-corrected chi connectivity index (χ4v) is 6.50. The third-order valence-electron chi connectivity index (χ3n) is 6.11. The number of fused-ring (bicyclic) bond motifs is 1. The molecule has 0 atom stereocenters. The molecule has 1 aliphatic rings. The van der Waals surface area contributed by atoms with Crippen molar-refractivity contribution in [1.82, 2.24) is 19.1 Å². The second kappa shape index (κ2) is 11.0. The van der Waals surface area contributed by atoms with Gasteiger partial charge in [0.05, 0.1) is 10.6 Å². The lowest BCUT2D eigenvalue weighted by Gasteiger charge is -2.19. The molecule has 3 aromatic carbocycles. The predicted octanol–water partition coefficient (Wildman–Crippen LogP) is 4.67. The monoisotopic (exact) mass is 550 g/mol. The van der Waals surface area contributed by atoms with Crippen molar-refractivity contribution >= 4 is 27.6 Å². The molecule has 9 nitrogen and oxygen atoms in total. The van der Waals surface area contributed by atoms with Crippen LogP contribution in [0.2, 0.25) is 0 Å². The van der Waals surface area contributed by atoms with Crippen molar-refractivity contribution in [3.63, 3.8) is 0 Å². The number of carbonyl (C=O) groups is 1. The Bertz CT molecular complexity index is 1570. The van der Waals surface area contributed by atoms with E-state index < -0.39 is 10.0 Å². The maximum atomic E-state index is 13.1. The number of nitrogens with zero attached hydrogens (tertiary/aromatic N) is 4. The van der Waals surface area contributed by atoms with E-state index in [4.69, 9.17) is 9.47 Å². The molecule has 2 heterocycles. The van der Waals surface area contributed by atoms with Gasteiger partial charge in [0.15, 0.2) is 28.3 Å². The number of ether oxygens (including phenoxy) is 2. The molecule has 0 radical (unpaired) electrons. The van der Waals surface area contributed by atoms with Crippen LogP contribution < -0.4 is 9.47 Å². The van der Waals surface area contributed by atoms with Gasteiger partial charge in [0.25, 0.3) is 0 Å². The second-order valence-electron chi connectivity index (χ2n) is 8.37. The van der Waals surface area contributed by atoms with Crippen LogP contribution in [-0.4, -0.2) is 58.9 Å². The highest BCUT2D eigenvalue weighted by Crippen LogP contribution is 2.34. The van der Waals surface area contributed by atoms with Crippen molar-refractivity contribution in [3.8, 4) is 28.6 Å². The minimum absolute atomic E-state index is 0.0928. The molecule has 0 fully saturated rings. The number of thioether (sulfide) groups is 1. The smallest absolute Gasteiger partial charge is 0.243 e. The Balaban J connectivity index is 1.48. The molecule has 38 heavy (non-hydrogen) atoms. The number of rotatable bonds is 10. The predicted molar refractivity (Wildman–Crippen MR) is 145 cm³/mol. The van der Waals surface area contributed by atoms with Crippen molar-refractivity contribution in [2.24, 2.45) is 0 Å². The fraction of sp³-hybridized carbons (Fsp3) is 0.222. The second-order valence-corrected chi connectivity index (χ2v) is 11.3. The Labute approximate surface area is 225 Å². The summed E-state index contributed by atoms with van der Waals surface area (Å²) in [6.07, 6.45) is 0. The molecule has 1 aliphatic heterocycles. The van der Waals surface area contributed by atoms with Gasteiger partial charge in [-0.3, -0.25) is 9.36 Å². The summed E-state index contributed by atoms with van der Waals surface area (Å²) < 4.78 is 40.3. The third-order valence-corrected chi connectivity index (χ3v) is 9.08. The van der Waals surface area contributed by atoms with E-state index in [0.29, 0.717) is 46.7 Å². The first kappa shape index (κ1) is 26.0. The SMILES string of the molecule is CCN(CC)S(=O)(=O)c1cccc(-c2nnc(SCC(=O)c3ccc4c(c3)OCO4)n2-c2ccccc2)c1. The number of carbonyl (C=O) groups excluding carboxylic acids is 1. The molecule has 11 heteroatoms. The van der Waals surface area contributed by atoms with Crippen LogP contribution in [0.25, 0.3) is 17.1 Å². The van der Waals surface area contributed by atoms with Crippen molar-refractivity contribution in [3.05, 3.63) is 78.4 Å². The highest BCUT2D eigenvalue weighted by molar-refractivity contribution is 7.99. The van der Waals surface area contributed by atoms with Crippen LogP contribution in [0.4, 0.5) is 0 Å². The molecule has 1 aromatic heterocycles. The largest absolute Gasteiger partial charge is 0.454 e. The third kappa shape index (κ3) is 5.04. The van der Waals surface area contributed by atoms with Gasteiger partial charge in [-0.1, -0.05) is 55.9 Å². The number of hydrogen-bond acceptors (Lipinski definition) is 8. The first-order valence-electron chi connectivity index (χ1n) is 12.1. The van der Waals surface area contributed by atoms with Crippen molar-refractivity contribution < 1.29 is 22.7 Å². The van der Waals surface area contributed by atoms with Crippen LogP contribution >= 0.6 is 11.8 Å². The van der Waals surface area contributed by atoms with Gasteiger partial charge >= 0.3 is 0 Å². The minimum Gasteiger partial charge on any atom is -0.454 e. The molecule has 0 saturated carbocycles. The number of ketones is 1. The van der Waals surface area contributed by atoms with Gasteiger partial charge < -0.3 is 9.47 Å². The van der Waals surface area contributed by atoms with E-state index in [1.165, 1.54) is 16.1 Å². The van der Waals surface area contributed by atoms with E-state index in [1.807, 2.05) is 48.7 Å². The molecule has 196 valence electrons. The van der Waals surface area contributed by atoms with Gasteiger partial charge in [-0.2, -0.15) is 4.31 Å². The summed E-state index contributed by atoms with van der Waals surface area (Å²) in [6, 6.07) is 21.3. The number of para-hydroxylation sites is 1. The van der Waals surface area contributed by atoms with Gasteiger partial charge in [0.1, 0.15) is 0 Å². The van der Waals surface area contributed by atoms with Crippen LogP contribution in [0.15, 0.2) is 82.8 Å². The molecule has 0 amide bonds. The molecule has 0 aliphatic carbocycles. The zero-order valence-electron chi connectivity index (χ0n) is 20.9. The first-order valence-corrected chi connectivity index (χ1v) is 14.5. The fourth-order valence-electron chi connectivity index (χ4n) is 4.15. The van der Waals surface area contributed by atoms with Crippen molar-refractivity contribution in [1.29, 1.82) is 0 Å². The quantitative estimate of drug-likeness (QED) is 0.207. The maximum absolute atomic E-state index is 13.1. The Hall–Kier alpha value is -3.67. The van der Waals surface area contributed by atoms with E-state index in [-0.39, 0.29) is 23.2 Å². The maximum Gasteiger partial charge on any atom is 0.243 e. The number of aromatic nitrogens is 3. The van der Waals surface area contributed by atoms with Crippen LogP contribution in [-0.2, 0) is 10.0 Å². The highest BCUT2D eigenvalue weighted by Gasteiger charge is 2.24. The molecular formula is C27H26N4O5S2.